The first-order chi connectivity index (χ1) is 17.7. The average Bonchev–Trinajstić information content (AvgIpc) is 3.22. The van der Waals surface area contributed by atoms with Crippen LogP contribution < -0.4 is 9.47 Å². The maximum Gasteiger partial charge on any atom is 0.220 e. The number of nitro groups is 1. The Bertz CT molecular complexity index is 1430. The van der Waals surface area contributed by atoms with Crippen molar-refractivity contribution in [1.29, 1.82) is 0 Å². The van der Waals surface area contributed by atoms with E-state index in [9.17, 15) is 14.5 Å². The monoisotopic (exact) mass is 586 g/mol. The highest BCUT2D eigenvalue weighted by Gasteiger charge is 2.26. The molecule has 37 heavy (non-hydrogen) atoms. The van der Waals surface area contributed by atoms with Crippen molar-refractivity contribution in [1.82, 2.24) is 14.8 Å². The number of benzene rings is 3. The molecule has 0 unspecified atom stereocenters. The van der Waals surface area contributed by atoms with Crippen molar-refractivity contribution in [2.45, 2.75) is 30.9 Å². The third-order valence-corrected chi connectivity index (χ3v) is 7.28. The fourth-order valence-electron chi connectivity index (χ4n) is 3.80. The Hall–Kier alpha value is -3.44. The molecule has 0 N–H and O–H groups in total. The van der Waals surface area contributed by atoms with Crippen molar-refractivity contribution >= 4 is 27.7 Å². The van der Waals surface area contributed by atoms with Gasteiger partial charge in [0.25, 0.3) is 0 Å². The highest BCUT2D eigenvalue weighted by Crippen LogP contribution is 2.43. The summed E-state index contributed by atoms with van der Waals surface area (Å²) in [6.45, 7) is 3.61. The van der Waals surface area contributed by atoms with Crippen LogP contribution in [0.5, 0.6) is 11.5 Å². The standard InChI is InChI=1S/C26H24BrFN4O4S/c1-16-6-4-9-21(10-16)32-17(2)29-30-26(32)37-24(14-31(33)34)19-12-22(27)25(23(13-19)35-3)36-15-18-7-5-8-20(28)11-18/h4-13,24H,14-15H2,1-3H3/t24-/m1/s1. The maximum atomic E-state index is 13.5. The zero-order valence-corrected chi connectivity index (χ0v) is 22.8. The van der Waals surface area contributed by atoms with Crippen LogP contribution in [-0.2, 0) is 6.61 Å². The SMILES string of the molecule is COc1cc([C@@H](C[N+](=O)[O-])Sc2nnc(C)n2-c2cccc(C)c2)cc(Br)c1OCc1cccc(F)c1. The number of hydrogen-bond donors (Lipinski definition) is 0. The summed E-state index contributed by atoms with van der Waals surface area (Å²) in [5.74, 6) is 1.13. The summed E-state index contributed by atoms with van der Waals surface area (Å²) in [7, 11) is 1.49. The van der Waals surface area contributed by atoms with E-state index in [0.29, 0.717) is 38.1 Å². The zero-order chi connectivity index (χ0) is 26.5. The summed E-state index contributed by atoms with van der Waals surface area (Å²) < 4.78 is 27.5. The Balaban J connectivity index is 1.66. The van der Waals surface area contributed by atoms with Gasteiger partial charge in [-0.05, 0) is 82.9 Å². The van der Waals surface area contributed by atoms with Gasteiger partial charge in [0.2, 0.25) is 6.54 Å². The van der Waals surface area contributed by atoms with Crippen LogP contribution in [0.1, 0.15) is 27.8 Å². The predicted octanol–water partition coefficient (Wildman–Crippen LogP) is 6.48. The quantitative estimate of drug-likeness (QED) is 0.119. The normalized spacial score (nSPS) is 11.8. The largest absolute Gasteiger partial charge is 0.493 e. The molecule has 4 aromatic rings. The molecule has 0 amide bonds. The first-order valence-corrected chi connectivity index (χ1v) is 12.9. The van der Waals surface area contributed by atoms with E-state index in [1.54, 1.807) is 24.3 Å². The number of ether oxygens (including phenoxy) is 2. The van der Waals surface area contributed by atoms with E-state index in [4.69, 9.17) is 9.47 Å². The van der Waals surface area contributed by atoms with Gasteiger partial charge in [0.15, 0.2) is 16.7 Å². The lowest BCUT2D eigenvalue weighted by Gasteiger charge is -2.18. The summed E-state index contributed by atoms with van der Waals surface area (Å²) in [5, 5.41) is 20.1. The first-order valence-electron chi connectivity index (χ1n) is 11.3. The van der Waals surface area contributed by atoms with Crippen molar-refractivity contribution in [2.24, 2.45) is 0 Å². The Morgan fingerprint density at radius 1 is 1.14 bits per heavy atom. The molecule has 0 saturated heterocycles. The van der Waals surface area contributed by atoms with Gasteiger partial charge in [-0.3, -0.25) is 14.7 Å². The molecule has 192 valence electrons. The van der Waals surface area contributed by atoms with Crippen molar-refractivity contribution in [2.75, 3.05) is 13.7 Å². The lowest BCUT2D eigenvalue weighted by atomic mass is 10.1. The molecule has 3 aromatic carbocycles. The maximum absolute atomic E-state index is 13.5. The molecule has 1 aromatic heterocycles. The van der Waals surface area contributed by atoms with Crippen LogP contribution in [0.4, 0.5) is 4.39 Å². The lowest BCUT2D eigenvalue weighted by molar-refractivity contribution is -0.479. The molecular formula is C26H24BrFN4O4S. The van der Waals surface area contributed by atoms with E-state index < -0.39 is 5.25 Å². The number of thioether (sulfide) groups is 1. The highest BCUT2D eigenvalue weighted by atomic mass is 79.9. The number of aromatic nitrogens is 3. The number of methoxy groups -OCH3 is 1. The summed E-state index contributed by atoms with van der Waals surface area (Å²) in [6, 6.07) is 17.5. The number of rotatable bonds is 10. The molecule has 4 rings (SSSR count). The Morgan fingerprint density at radius 3 is 2.62 bits per heavy atom. The van der Waals surface area contributed by atoms with Crippen molar-refractivity contribution in [3.8, 4) is 17.2 Å². The summed E-state index contributed by atoms with van der Waals surface area (Å²) in [4.78, 5) is 11.3. The van der Waals surface area contributed by atoms with Gasteiger partial charge in [0, 0.05) is 10.6 Å². The van der Waals surface area contributed by atoms with Crippen LogP contribution in [0.2, 0.25) is 0 Å². The Kier molecular flexibility index (Phi) is 8.45. The summed E-state index contributed by atoms with van der Waals surface area (Å²) in [6.07, 6.45) is 0. The first kappa shape index (κ1) is 26.6. The van der Waals surface area contributed by atoms with Gasteiger partial charge < -0.3 is 9.47 Å². The smallest absolute Gasteiger partial charge is 0.220 e. The molecule has 0 bridgehead atoms. The molecule has 11 heteroatoms. The summed E-state index contributed by atoms with van der Waals surface area (Å²) in [5.41, 5.74) is 3.27. The second-order valence-corrected chi connectivity index (χ2v) is 10.3. The third kappa shape index (κ3) is 6.47. The molecule has 1 atom stereocenters. The lowest BCUT2D eigenvalue weighted by Crippen LogP contribution is -2.12. The molecule has 0 fully saturated rings. The molecule has 0 spiro atoms. The van der Waals surface area contributed by atoms with Crippen molar-refractivity contribution in [3.05, 3.63) is 104 Å². The molecule has 0 aliphatic rings. The molecule has 0 radical (unpaired) electrons. The van der Waals surface area contributed by atoms with Crippen LogP contribution in [0.25, 0.3) is 5.69 Å². The van der Waals surface area contributed by atoms with Crippen molar-refractivity contribution in [3.63, 3.8) is 0 Å². The third-order valence-electron chi connectivity index (χ3n) is 5.51. The molecule has 8 nitrogen and oxygen atoms in total. The Morgan fingerprint density at radius 2 is 1.92 bits per heavy atom. The predicted molar refractivity (Wildman–Crippen MR) is 143 cm³/mol. The van der Waals surface area contributed by atoms with Crippen LogP contribution in [0.3, 0.4) is 0 Å². The van der Waals surface area contributed by atoms with Gasteiger partial charge in [-0.2, -0.15) is 0 Å². The second-order valence-electron chi connectivity index (χ2n) is 8.28. The topological polar surface area (TPSA) is 92.3 Å². The van der Waals surface area contributed by atoms with E-state index in [2.05, 4.69) is 26.1 Å². The molecule has 0 aliphatic heterocycles. The van der Waals surface area contributed by atoms with Crippen LogP contribution in [0, 0.1) is 29.8 Å². The minimum absolute atomic E-state index is 0.123. The average molecular weight is 587 g/mol. The number of halogens is 2. The van der Waals surface area contributed by atoms with E-state index in [1.807, 2.05) is 42.7 Å². The molecular weight excluding hydrogens is 563 g/mol. The number of aryl methyl sites for hydroxylation is 2. The highest BCUT2D eigenvalue weighted by molar-refractivity contribution is 9.10. The van der Waals surface area contributed by atoms with Crippen molar-refractivity contribution < 1.29 is 18.8 Å². The fourth-order valence-corrected chi connectivity index (χ4v) is 5.53. The van der Waals surface area contributed by atoms with E-state index in [0.717, 1.165) is 11.3 Å². The van der Waals surface area contributed by atoms with E-state index >= 15 is 0 Å². The van der Waals surface area contributed by atoms with Gasteiger partial charge in [-0.1, -0.05) is 36.0 Å². The number of nitrogens with zero attached hydrogens (tertiary/aromatic N) is 4. The minimum Gasteiger partial charge on any atom is -0.493 e. The van der Waals surface area contributed by atoms with Crippen LogP contribution in [0.15, 0.2) is 70.3 Å². The van der Waals surface area contributed by atoms with Gasteiger partial charge in [0.1, 0.15) is 23.5 Å². The summed E-state index contributed by atoms with van der Waals surface area (Å²) >= 11 is 4.77. The number of hydrogen-bond acceptors (Lipinski definition) is 7. The minimum atomic E-state index is -0.593. The van der Waals surface area contributed by atoms with Gasteiger partial charge in [0.05, 0.1) is 11.6 Å². The van der Waals surface area contributed by atoms with Gasteiger partial charge in [-0.25, -0.2) is 4.39 Å². The second kappa shape index (κ2) is 11.7. The van der Waals surface area contributed by atoms with Crippen LogP contribution in [-0.4, -0.2) is 33.3 Å². The molecule has 0 saturated carbocycles. The van der Waals surface area contributed by atoms with E-state index in [-0.39, 0.29) is 23.9 Å². The Labute approximate surface area is 226 Å². The molecule has 0 aliphatic carbocycles. The van der Waals surface area contributed by atoms with Gasteiger partial charge >= 0.3 is 0 Å². The fraction of sp³-hybridized carbons (Fsp3) is 0.231. The molecule has 1 heterocycles. The van der Waals surface area contributed by atoms with Gasteiger partial charge in [-0.15, -0.1) is 10.2 Å². The van der Waals surface area contributed by atoms with Crippen LogP contribution >= 0.6 is 27.7 Å². The van der Waals surface area contributed by atoms with E-state index in [1.165, 1.54) is 31.0 Å². The zero-order valence-electron chi connectivity index (χ0n) is 20.4.